The minimum absolute atomic E-state index is 0.0305. The predicted octanol–water partition coefficient (Wildman–Crippen LogP) is 1.48. The quantitative estimate of drug-likeness (QED) is 0.747. The van der Waals surface area contributed by atoms with Crippen LogP contribution in [-0.2, 0) is 4.79 Å². The molecule has 1 aliphatic rings. The van der Waals surface area contributed by atoms with Crippen LogP contribution in [0.5, 0.6) is 0 Å². The van der Waals surface area contributed by atoms with Gasteiger partial charge in [-0.25, -0.2) is 0 Å². The molecule has 1 fully saturated rings. The molecule has 4 heteroatoms. The lowest BCUT2D eigenvalue weighted by molar-refractivity contribution is -0.140. The largest absolute Gasteiger partial charge is 0.341 e. The summed E-state index contributed by atoms with van der Waals surface area (Å²) in [4.78, 5) is 16.4. The molecule has 96 valence electrons. The van der Waals surface area contributed by atoms with Crippen molar-refractivity contribution >= 4 is 5.91 Å². The van der Waals surface area contributed by atoms with E-state index in [1.165, 1.54) is 0 Å². The van der Waals surface area contributed by atoms with Crippen LogP contribution in [0.2, 0.25) is 0 Å². The van der Waals surface area contributed by atoms with Crippen LogP contribution in [0.1, 0.15) is 33.1 Å². The Balaban J connectivity index is 2.67. The molecule has 17 heavy (non-hydrogen) atoms. The van der Waals surface area contributed by atoms with Crippen molar-refractivity contribution in [3.8, 4) is 6.07 Å². The van der Waals surface area contributed by atoms with E-state index in [-0.39, 0.29) is 11.9 Å². The van der Waals surface area contributed by atoms with Gasteiger partial charge in [0.05, 0.1) is 6.07 Å². The van der Waals surface area contributed by atoms with Crippen LogP contribution in [0, 0.1) is 16.7 Å². The highest BCUT2D eigenvalue weighted by atomic mass is 16.2. The molecule has 1 aliphatic heterocycles. The summed E-state index contributed by atoms with van der Waals surface area (Å²) in [6.45, 7) is 5.68. The van der Waals surface area contributed by atoms with Gasteiger partial charge in [0.15, 0.2) is 0 Å². The molecule has 1 unspecified atom stereocenters. The summed E-state index contributed by atoms with van der Waals surface area (Å²) >= 11 is 0. The molecule has 4 nitrogen and oxygen atoms in total. The Morgan fingerprint density at radius 1 is 1.53 bits per heavy atom. The van der Waals surface area contributed by atoms with Gasteiger partial charge < -0.3 is 9.80 Å². The fourth-order valence-electron chi connectivity index (χ4n) is 2.22. The highest BCUT2D eigenvalue weighted by molar-refractivity contribution is 5.85. The maximum absolute atomic E-state index is 12.3. The number of carbonyl (C=O) groups excluding carboxylic acids is 1. The second-order valence-electron chi connectivity index (χ2n) is 5.25. The van der Waals surface area contributed by atoms with Crippen molar-refractivity contribution in [2.24, 2.45) is 5.41 Å². The second-order valence-corrected chi connectivity index (χ2v) is 5.25. The van der Waals surface area contributed by atoms with Gasteiger partial charge in [0.2, 0.25) is 5.91 Å². The van der Waals surface area contributed by atoms with Crippen LogP contribution in [0.25, 0.3) is 0 Å². The predicted molar refractivity (Wildman–Crippen MR) is 67.3 cm³/mol. The molecule has 0 bridgehead atoms. The van der Waals surface area contributed by atoms with Gasteiger partial charge in [-0.05, 0) is 46.3 Å². The van der Waals surface area contributed by atoms with E-state index in [4.69, 9.17) is 5.26 Å². The Morgan fingerprint density at radius 3 is 2.47 bits per heavy atom. The zero-order valence-corrected chi connectivity index (χ0v) is 11.4. The number of carbonyl (C=O) groups is 1. The molecule has 1 atom stereocenters. The Kier molecular flexibility index (Phi) is 4.53. The molecular weight excluding hydrogens is 214 g/mol. The fourth-order valence-corrected chi connectivity index (χ4v) is 2.22. The van der Waals surface area contributed by atoms with E-state index in [1.54, 1.807) is 11.8 Å². The summed E-state index contributed by atoms with van der Waals surface area (Å²) in [5, 5.41) is 9.14. The first-order valence-corrected chi connectivity index (χ1v) is 6.31. The zero-order chi connectivity index (χ0) is 13.1. The number of nitrogens with zero attached hydrogens (tertiary/aromatic N) is 3. The average molecular weight is 237 g/mol. The third-order valence-corrected chi connectivity index (χ3v) is 3.98. The number of piperidine rings is 1. The summed E-state index contributed by atoms with van der Waals surface area (Å²) in [6.07, 6.45) is 2.58. The molecule has 0 aliphatic carbocycles. The molecule has 0 saturated carbocycles. The Labute approximate surface area is 104 Å². The SMILES string of the molecule is CCC(C)(C#N)C(=O)N(C)C1CCN(C)CC1. The van der Waals surface area contributed by atoms with E-state index in [0.29, 0.717) is 6.42 Å². The Hall–Kier alpha value is -1.08. The van der Waals surface area contributed by atoms with Crippen LogP contribution >= 0.6 is 0 Å². The Bertz CT molecular complexity index is 315. The monoisotopic (exact) mass is 237 g/mol. The summed E-state index contributed by atoms with van der Waals surface area (Å²) in [6, 6.07) is 2.44. The first-order valence-electron chi connectivity index (χ1n) is 6.31. The lowest BCUT2D eigenvalue weighted by atomic mass is 9.87. The molecule has 1 amide bonds. The van der Waals surface area contributed by atoms with E-state index in [1.807, 2.05) is 14.0 Å². The fraction of sp³-hybridized carbons (Fsp3) is 0.846. The first kappa shape index (κ1) is 14.0. The lowest BCUT2D eigenvalue weighted by Gasteiger charge is -2.37. The van der Waals surface area contributed by atoms with E-state index in [2.05, 4.69) is 18.0 Å². The van der Waals surface area contributed by atoms with Crippen molar-refractivity contribution in [2.75, 3.05) is 27.2 Å². The average Bonchev–Trinajstić information content (AvgIpc) is 2.37. The second kappa shape index (κ2) is 5.50. The minimum atomic E-state index is -0.863. The van der Waals surface area contributed by atoms with Crippen LogP contribution < -0.4 is 0 Å². The van der Waals surface area contributed by atoms with Gasteiger partial charge in [-0.1, -0.05) is 6.92 Å². The van der Waals surface area contributed by atoms with Gasteiger partial charge in [-0.2, -0.15) is 5.26 Å². The number of likely N-dealkylation sites (tertiary alicyclic amines) is 1. The maximum atomic E-state index is 12.3. The minimum Gasteiger partial charge on any atom is -0.341 e. The van der Waals surface area contributed by atoms with E-state index < -0.39 is 5.41 Å². The highest BCUT2D eigenvalue weighted by Gasteiger charge is 2.36. The van der Waals surface area contributed by atoms with Gasteiger partial charge in [0.1, 0.15) is 5.41 Å². The molecule has 0 aromatic carbocycles. The molecule has 1 saturated heterocycles. The molecule has 0 N–H and O–H groups in total. The summed E-state index contributed by atoms with van der Waals surface area (Å²) in [5.74, 6) is -0.0305. The molecule has 0 aromatic rings. The van der Waals surface area contributed by atoms with Crippen LogP contribution in [0.3, 0.4) is 0 Å². The van der Waals surface area contributed by atoms with Crippen molar-refractivity contribution in [2.45, 2.75) is 39.2 Å². The van der Waals surface area contributed by atoms with Crippen LogP contribution in [-0.4, -0.2) is 48.9 Å². The first-order chi connectivity index (χ1) is 7.94. The molecular formula is C13H23N3O. The van der Waals surface area contributed by atoms with Crippen LogP contribution in [0.15, 0.2) is 0 Å². The van der Waals surface area contributed by atoms with Gasteiger partial charge >= 0.3 is 0 Å². The number of hydrogen-bond acceptors (Lipinski definition) is 3. The molecule has 0 radical (unpaired) electrons. The van der Waals surface area contributed by atoms with E-state index >= 15 is 0 Å². The highest BCUT2D eigenvalue weighted by Crippen LogP contribution is 2.25. The summed E-state index contributed by atoms with van der Waals surface area (Å²) in [5.41, 5.74) is -0.863. The topological polar surface area (TPSA) is 47.3 Å². The Morgan fingerprint density at radius 2 is 2.06 bits per heavy atom. The van der Waals surface area contributed by atoms with Crippen molar-refractivity contribution in [1.82, 2.24) is 9.80 Å². The van der Waals surface area contributed by atoms with Crippen molar-refractivity contribution < 1.29 is 4.79 Å². The van der Waals surface area contributed by atoms with Gasteiger partial charge in [0.25, 0.3) is 0 Å². The van der Waals surface area contributed by atoms with Gasteiger partial charge in [-0.15, -0.1) is 0 Å². The van der Waals surface area contributed by atoms with Crippen molar-refractivity contribution in [3.63, 3.8) is 0 Å². The summed E-state index contributed by atoms with van der Waals surface area (Å²) < 4.78 is 0. The normalized spacial score (nSPS) is 21.6. The van der Waals surface area contributed by atoms with Gasteiger partial charge in [0, 0.05) is 13.1 Å². The lowest BCUT2D eigenvalue weighted by Crippen LogP contribution is -2.48. The molecule has 1 rings (SSSR count). The summed E-state index contributed by atoms with van der Waals surface area (Å²) in [7, 11) is 3.94. The van der Waals surface area contributed by atoms with Crippen molar-refractivity contribution in [3.05, 3.63) is 0 Å². The maximum Gasteiger partial charge on any atom is 0.242 e. The van der Waals surface area contributed by atoms with Crippen molar-refractivity contribution in [1.29, 1.82) is 5.26 Å². The standard InChI is InChI=1S/C13H23N3O/c1-5-13(2,10-14)12(17)16(4)11-6-8-15(3)9-7-11/h11H,5-9H2,1-4H3. The molecule has 1 heterocycles. The number of hydrogen-bond donors (Lipinski definition) is 0. The number of rotatable bonds is 3. The van der Waals surface area contributed by atoms with Crippen LogP contribution in [0.4, 0.5) is 0 Å². The number of nitriles is 1. The third kappa shape index (κ3) is 2.98. The smallest absolute Gasteiger partial charge is 0.242 e. The molecule has 0 aromatic heterocycles. The molecule has 0 spiro atoms. The van der Waals surface area contributed by atoms with Gasteiger partial charge in [-0.3, -0.25) is 4.79 Å². The van der Waals surface area contributed by atoms with E-state index in [9.17, 15) is 4.79 Å². The third-order valence-electron chi connectivity index (χ3n) is 3.98. The van der Waals surface area contributed by atoms with E-state index in [0.717, 1.165) is 25.9 Å². The zero-order valence-electron chi connectivity index (χ0n) is 11.4. The number of amides is 1.